The van der Waals surface area contributed by atoms with Crippen LogP contribution in [0, 0.1) is 10.6 Å². The number of nitrogens with one attached hydrogen (secondary N) is 5. The number of nitrogens with zero attached hydrogens (tertiary/aromatic N) is 2. The lowest BCUT2D eigenvalue weighted by Gasteiger charge is -2.48. The summed E-state index contributed by atoms with van der Waals surface area (Å²) < 4.78 is 42.0. The molecule has 0 radical (unpaired) electrons. The third-order valence-electron chi connectivity index (χ3n) is 13.4. The summed E-state index contributed by atoms with van der Waals surface area (Å²) in [6.07, 6.45) is 10.2. The van der Waals surface area contributed by atoms with E-state index in [-0.39, 0.29) is 32.8 Å². The summed E-state index contributed by atoms with van der Waals surface area (Å²) in [5.74, 6) is -0.349. The van der Waals surface area contributed by atoms with E-state index in [1.165, 1.54) is 34.9 Å². The molecule has 2 fully saturated rings. The molecule has 1 saturated heterocycles. The number of hydroxylamine groups is 2. The molecule has 2 heterocycles. The first kappa shape index (κ1) is 47.5. The number of carbonyl (C=O) groups excluding carboxylic acids is 1. The van der Waals surface area contributed by atoms with Gasteiger partial charge in [0.05, 0.1) is 29.4 Å². The number of rotatable bonds is 17. The van der Waals surface area contributed by atoms with Crippen LogP contribution in [-0.2, 0) is 14.8 Å². The first-order valence-corrected chi connectivity index (χ1v) is 24.8. The number of quaternary nitrogens is 1. The summed E-state index contributed by atoms with van der Waals surface area (Å²) in [5, 5.41) is 36.0. The van der Waals surface area contributed by atoms with E-state index in [0.29, 0.717) is 50.0 Å². The summed E-state index contributed by atoms with van der Waals surface area (Å²) in [6, 6.07) is 24.3. The van der Waals surface area contributed by atoms with Crippen molar-refractivity contribution in [1.82, 2.24) is 24.7 Å². The van der Waals surface area contributed by atoms with Crippen LogP contribution in [0.5, 0.6) is 11.5 Å². The molecule has 5 aromatic rings. The molecule has 1 aromatic heterocycles. The Hall–Kier alpha value is -4.97. The molecule has 1 unspecified atom stereocenters. The predicted molar refractivity (Wildman–Crippen MR) is 263 cm³/mol. The smallest absolute Gasteiger partial charge is 0.268 e. The SMILES string of the molecule is CC1(C)CCC(CNCCNc2ccc(C(=O)NS(=O)(=O)c3ccc(NCC4(N5CCOCC5)CCCCC4)c([N+](C)([O-])O)c3)c(Oc3ccc4[nH]ccc4c3)c2)=C(c2ccc(Cl)cc2)C1. The molecule has 14 nitrogen and oxygen atoms in total. The number of morpholine rings is 1. The number of allylic oxidation sites excluding steroid dienone is 1. The third kappa shape index (κ3) is 11.4. The Morgan fingerprint density at radius 1 is 0.939 bits per heavy atom. The van der Waals surface area contributed by atoms with E-state index in [0.717, 1.165) is 100 Å². The minimum absolute atomic E-state index is 0.0238. The van der Waals surface area contributed by atoms with Gasteiger partial charge in [-0.2, -0.15) is 4.81 Å². The fourth-order valence-corrected chi connectivity index (χ4v) is 10.8. The molecular formula is C50H62ClN7O7S. The van der Waals surface area contributed by atoms with Gasteiger partial charge in [-0.15, -0.1) is 0 Å². The maximum Gasteiger partial charge on any atom is 0.268 e. The highest BCUT2D eigenvalue weighted by Crippen LogP contribution is 2.43. The minimum Gasteiger partial charge on any atom is -0.593 e. The first-order valence-electron chi connectivity index (χ1n) is 23.0. The number of halogens is 1. The molecule has 4 aromatic carbocycles. The Bertz CT molecular complexity index is 2650. The monoisotopic (exact) mass is 939 g/mol. The Labute approximate surface area is 392 Å². The van der Waals surface area contributed by atoms with Gasteiger partial charge in [0, 0.05) is 84.7 Å². The van der Waals surface area contributed by atoms with Crippen LogP contribution in [0.3, 0.4) is 0 Å². The van der Waals surface area contributed by atoms with Crippen LogP contribution < -0.4 is 30.2 Å². The molecule has 16 heteroatoms. The van der Waals surface area contributed by atoms with Gasteiger partial charge in [0.2, 0.25) is 0 Å². The van der Waals surface area contributed by atoms with E-state index in [1.807, 2.05) is 36.5 Å². The van der Waals surface area contributed by atoms with E-state index in [2.05, 4.69) is 56.5 Å². The second-order valence-electron chi connectivity index (χ2n) is 18.8. The van der Waals surface area contributed by atoms with Gasteiger partial charge in [-0.25, -0.2) is 18.3 Å². The molecule has 3 aliphatic rings. The Morgan fingerprint density at radius 3 is 2.47 bits per heavy atom. The number of hydrogen-bond donors (Lipinski definition) is 6. The number of sulfonamides is 1. The van der Waals surface area contributed by atoms with Gasteiger partial charge in [0.25, 0.3) is 15.9 Å². The zero-order valence-electron chi connectivity index (χ0n) is 38.1. The number of anilines is 2. The van der Waals surface area contributed by atoms with Gasteiger partial charge in [-0.3, -0.25) is 9.69 Å². The molecule has 1 aliphatic heterocycles. The van der Waals surface area contributed by atoms with Crippen LogP contribution in [0.25, 0.3) is 16.5 Å². The molecular weight excluding hydrogens is 878 g/mol. The molecule has 66 heavy (non-hydrogen) atoms. The summed E-state index contributed by atoms with van der Waals surface area (Å²) in [6.45, 7) is 10.0. The molecule has 2 aliphatic carbocycles. The van der Waals surface area contributed by atoms with E-state index < -0.39 is 20.7 Å². The zero-order chi connectivity index (χ0) is 46.5. The molecule has 1 saturated carbocycles. The van der Waals surface area contributed by atoms with Crippen LogP contribution in [-0.4, -0.2) is 94.5 Å². The molecule has 0 bridgehead atoms. The normalized spacial score (nSPS) is 18.7. The second-order valence-corrected chi connectivity index (χ2v) is 20.9. The van der Waals surface area contributed by atoms with Gasteiger partial charge in [-0.05, 0) is 109 Å². The molecule has 0 spiro atoms. The number of aromatic nitrogens is 1. The van der Waals surface area contributed by atoms with Crippen LogP contribution in [0.2, 0.25) is 5.02 Å². The van der Waals surface area contributed by atoms with Crippen molar-refractivity contribution in [3.63, 3.8) is 0 Å². The van der Waals surface area contributed by atoms with Crippen LogP contribution >= 0.6 is 11.6 Å². The Morgan fingerprint density at radius 2 is 1.71 bits per heavy atom. The summed E-state index contributed by atoms with van der Waals surface area (Å²) in [7, 11) is -3.54. The maximum absolute atomic E-state index is 14.0. The number of carbonyl (C=O) groups is 1. The van der Waals surface area contributed by atoms with Crippen molar-refractivity contribution < 1.29 is 27.9 Å². The van der Waals surface area contributed by atoms with E-state index >= 15 is 0 Å². The first-order chi connectivity index (χ1) is 31.6. The van der Waals surface area contributed by atoms with Crippen molar-refractivity contribution in [2.75, 3.05) is 70.2 Å². The van der Waals surface area contributed by atoms with Gasteiger partial charge in [0.1, 0.15) is 18.5 Å². The van der Waals surface area contributed by atoms with Gasteiger partial charge in [-0.1, -0.05) is 62.4 Å². The van der Waals surface area contributed by atoms with Crippen molar-refractivity contribution in [1.29, 1.82) is 0 Å². The van der Waals surface area contributed by atoms with Gasteiger partial charge in [0.15, 0.2) is 5.69 Å². The lowest BCUT2D eigenvalue weighted by molar-refractivity contribution is -0.0319. The number of amides is 1. The number of ether oxygens (including phenoxy) is 2. The highest BCUT2D eigenvalue weighted by atomic mass is 35.5. The van der Waals surface area contributed by atoms with Crippen LogP contribution in [0.1, 0.15) is 81.1 Å². The molecule has 8 rings (SSSR count). The minimum atomic E-state index is -4.56. The zero-order valence-corrected chi connectivity index (χ0v) is 39.6. The molecule has 1 amide bonds. The van der Waals surface area contributed by atoms with Gasteiger partial charge < -0.3 is 35.6 Å². The van der Waals surface area contributed by atoms with Crippen LogP contribution in [0.15, 0.2) is 102 Å². The average molecular weight is 941 g/mol. The number of aromatic amines is 1. The van der Waals surface area contributed by atoms with Crippen molar-refractivity contribution >= 4 is 61.1 Å². The number of benzene rings is 4. The molecule has 1 atom stereocenters. The fourth-order valence-electron chi connectivity index (χ4n) is 9.66. The summed E-state index contributed by atoms with van der Waals surface area (Å²) >= 11 is 6.21. The standard InChI is InChI=1S/C50H62ClN7O7S/c1-49(2)21-17-37(43(32-49)35-7-9-38(51)10-8-35)33-52-23-24-53-39-11-14-42(47(30-39)65-40-12-15-44-36(29-40)18-22-54-44)48(59)56-66(62,63)41-13-16-45(46(31-41)58(3,60)61)55-34-50(19-5-4-6-20-50)57-25-27-64-28-26-57/h7-16,18,22,29-31,52-55,60H,4-6,17,19-21,23-28,32-34H2,1-3H3,(H,56,59). The number of hydrogen-bond acceptors (Lipinski definition) is 11. The topological polar surface area (TPSA) is 180 Å². The second kappa shape index (κ2) is 20.1. The van der Waals surface area contributed by atoms with E-state index in [1.54, 1.807) is 18.2 Å². The third-order valence-corrected chi connectivity index (χ3v) is 14.9. The average Bonchev–Trinajstić information content (AvgIpc) is 3.77. The van der Waals surface area contributed by atoms with Gasteiger partial charge >= 0.3 is 0 Å². The highest BCUT2D eigenvalue weighted by Gasteiger charge is 2.39. The quantitative estimate of drug-likeness (QED) is 0.0297. The lowest BCUT2D eigenvalue weighted by Crippen LogP contribution is -2.58. The van der Waals surface area contributed by atoms with Crippen LogP contribution in [0.4, 0.5) is 17.1 Å². The van der Waals surface area contributed by atoms with E-state index in [9.17, 15) is 23.6 Å². The van der Waals surface area contributed by atoms with Crippen molar-refractivity contribution in [2.24, 2.45) is 5.41 Å². The summed E-state index contributed by atoms with van der Waals surface area (Å²) in [5.41, 5.74) is 5.68. The predicted octanol–water partition coefficient (Wildman–Crippen LogP) is 9.67. The van der Waals surface area contributed by atoms with E-state index in [4.69, 9.17) is 21.1 Å². The largest absolute Gasteiger partial charge is 0.593 e. The van der Waals surface area contributed by atoms with Crippen molar-refractivity contribution in [3.05, 3.63) is 118 Å². The highest BCUT2D eigenvalue weighted by molar-refractivity contribution is 7.90. The summed E-state index contributed by atoms with van der Waals surface area (Å²) in [4.78, 5) is 17.4. The van der Waals surface area contributed by atoms with Crippen molar-refractivity contribution in [3.8, 4) is 11.5 Å². The Balaban J connectivity index is 0.977. The lowest BCUT2D eigenvalue weighted by atomic mass is 9.72. The fraction of sp³-hybridized carbons (Fsp3) is 0.420. The molecule has 352 valence electrons. The maximum atomic E-state index is 14.0. The molecule has 6 N–H and O–H groups in total. The van der Waals surface area contributed by atoms with Crippen molar-refractivity contribution in [2.45, 2.75) is 75.6 Å². The number of fused-ring (bicyclic) bond motifs is 1. The number of H-pyrrole nitrogens is 1. The Kier molecular flexibility index (Phi) is 14.5.